The molecule has 0 unspecified atom stereocenters. The Bertz CT molecular complexity index is 457. The Morgan fingerprint density at radius 2 is 1.80 bits per heavy atom. The van der Waals surface area contributed by atoms with Crippen molar-refractivity contribution in [3.63, 3.8) is 0 Å². The monoisotopic (exact) mass is 233 g/mol. The van der Waals surface area contributed by atoms with Crippen LogP contribution in [0, 0.1) is 0 Å². The molecule has 1 aliphatic carbocycles. The van der Waals surface area contributed by atoms with E-state index in [2.05, 4.69) is 30.3 Å². The van der Waals surface area contributed by atoms with Crippen LogP contribution in [0.3, 0.4) is 0 Å². The van der Waals surface area contributed by atoms with Gasteiger partial charge in [0.2, 0.25) is 0 Å². The molecule has 0 bridgehead atoms. The molecule has 76 valence electrons. The van der Waals surface area contributed by atoms with Crippen molar-refractivity contribution in [1.82, 2.24) is 0 Å². The Balaban J connectivity index is 2.09. The zero-order valence-electron chi connectivity index (χ0n) is 8.53. The minimum atomic E-state index is 1.29. The lowest BCUT2D eigenvalue weighted by Gasteiger charge is -2.07. The molecule has 1 aromatic heterocycles. The van der Waals surface area contributed by atoms with Gasteiger partial charge in [-0.25, -0.2) is 0 Å². The molecule has 0 saturated heterocycles. The lowest BCUT2D eigenvalue weighted by Crippen LogP contribution is -1.98. The Morgan fingerprint density at radius 1 is 1.00 bits per heavy atom. The second-order valence-electron chi connectivity index (χ2n) is 3.97. The second kappa shape index (κ2) is 4.03. The first-order valence-electron chi connectivity index (χ1n) is 5.44. The van der Waals surface area contributed by atoms with Gasteiger partial charge in [-0.1, -0.05) is 18.2 Å². The molecule has 0 radical (unpaired) electrons. The van der Waals surface area contributed by atoms with Gasteiger partial charge in [-0.05, 0) is 37.8 Å². The van der Waals surface area contributed by atoms with Crippen LogP contribution in [-0.2, 0) is 12.8 Å². The van der Waals surface area contributed by atoms with E-state index in [4.69, 9.17) is 0 Å². The summed E-state index contributed by atoms with van der Waals surface area (Å²) in [5.74, 6) is 0. The summed E-state index contributed by atoms with van der Waals surface area (Å²) in [6.07, 6.45) is 5.35. The van der Waals surface area contributed by atoms with Gasteiger partial charge in [-0.3, -0.25) is 0 Å². The summed E-state index contributed by atoms with van der Waals surface area (Å²) in [5.41, 5.74) is 3.05. The maximum atomic E-state index is 2.23. The SMILES string of the molecule is c1ccc(-c2[s+]sc3c2CCCC3)cc1. The fourth-order valence-corrected chi connectivity index (χ4v) is 5.20. The van der Waals surface area contributed by atoms with E-state index < -0.39 is 0 Å². The van der Waals surface area contributed by atoms with Crippen molar-refractivity contribution in [3.05, 3.63) is 40.8 Å². The number of hydrogen-bond donors (Lipinski definition) is 0. The first-order chi connectivity index (χ1) is 7.45. The van der Waals surface area contributed by atoms with Gasteiger partial charge in [0, 0.05) is 11.1 Å². The van der Waals surface area contributed by atoms with E-state index >= 15 is 0 Å². The molecule has 0 amide bonds. The number of hydrogen-bond acceptors (Lipinski definition) is 1. The topological polar surface area (TPSA) is 0 Å². The smallest absolute Gasteiger partial charge is 0.0622 e. The Hall–Kier alpha value is -0.730. The summed E-state index contributed by atoms with van der Waals surface area (Å²) in [6.45, 7) is 0. The standard InChI is InChI=1S/C13H13S2/c1-2-6-10(7-3-1)13-11-8-4-5-9-12(11)14-15-13/h1-3,6-7H,4-5,8-9H2/q+1. The van der Waals surface area contributed by atoms with Crippen LogP contribution < -0.4 is 0 Å². The quantitative estimate of drug-likeness (QED) is 0.497. The summed E-state index contributed by atoms with van der Waals surface area (Å²) >= 11 is 0. The molecule has 15 heavy (non-hydrogen) atoms. The van der Waals surface area contributed by atoms with Crippen molar-refractivity contribution in [1.29, 1.82) is 0 Å². The van der Waals surface area contributed by atoms with Gasteiger partial charge in [0.05, 0.1) is 4.88 Å². The molecule has 0 nitrogen and oxygen atoms in total. The molecule has 0 saturated carbocycles. The second-order valence-corrected chi connectivity index (χ2v) is 6.21. The highest BCUT2D eigenvalue weighted by Gasteiger charge is 2.26. The van der Waals surface area contributed by atoms with Gasteiger partial charge in [0.15, 0.2) is 10.3 Å². The highest BCUT2D eigenvalue weighted by atomic mass is 32.9. The van der Waals surface area contributed by atoms with Crippen LogP contribution in [0.1, 0.15) is 23.3 Å². The maximum Gasteiger partial charge on any atom is 0.301 e. The van der Waals surface area contributed by atoms with Crippen molar-refractivity contribution in [2.45, 2.75) is 25.7 Å². The zero-order chi connectivity index (χ0) is 10.1. The molecular formula is C13H13S2+. The molecule has 0 N–H and O–H groups in total. The van der Waals surface area contributed by atoms with Gasteiger partial charge in [-0.2, -0.15) is 0 Å². The fraction of sp³-hybridized carbons (Fsp3) is 0.308. The summed E-state index contributed by atoms with van der Waals surface area (Å²) in [7, 11) is 3.95. The Labute approximate surface area is 97.6 Å². The Kier molecular flexibility index (Phi) is 2.55. The highest BCUT2D eigenvalue weighted by Crippen LogP contribution is 2.40. The predicted octanol–water partition coefficient (Wildman–Crippen LogP) is 4.64. The van der Waals surface area contributed by atoms with E-state index in [9.17, 15) is 0 Å². The van der Waals surface area contributed by atoms with Crippen LogP contribution in [0.25, 0.3) is 10.4 Å². The molecule has 0 spiro atoms. The zero-order valence-corrected chi connectivity index (χ0v) is 10.2. The molecule has 2 heteroatoms. The average molecular weight is 233 g/mol. The van der Waals surface area contributed by atoms with E-state index in [-0.39, 0.29) is 0 Å². The third-order valence-electron chi connectivity index (χ3n) is 2.95. The summed E-state index contributed by atoms with van der Waals surface area (Å²) in [6, 6.07) is 10.8. The van der Waals surface area contributed by atoms with E-state index in [0.717, 1.165) is 0 Å². The van der Waals surface area contributed by atoms with Gasteiger partial charge in [0.25, 0.3) is 4.88 Å². The first kappa shape index (κ1) is 9.49. The van der Waals surface area contributed by atoms with Crippen molar-refractivity contribution < 1.29 is 0 Å². The number of fused-ring (bicyclic) bond motifs is 1. The summed E-state index contributed by atoms with van der Waals surface area (Å²) in [5, 5.41) is 0. The fourth-order valence-electron chi connectivity index (χ4n) is 2.16. The normalized spacial score (nSPS) is 14.9. The van der Waals surface area contributed by atoms with Gasteiger partial charge in [-0.15, -0.1) is 0 Å². The van der Waals surface area contributed by atoms with E-state index in [1.54, 1.807) is 10.4 Å². The highest BCUT2D eigenvalue weighted by molar-refractivity contribution is 7.70. The van der Waals surface area contributed by atoms with Gasteiger partial charge >= 0.3 is 10.3 Å². The molecule has 0 fully saturated rings. The molecule has 1 aromatic carbocycles. The van der Waals surface area contributed by atoms with Crippen molar-refractivity contribution in [2.75, 3.05) is 0 Å². The van der Waals surface area contributed by atoms with E-state index in [0.29, 0.717) is 0 Å². The van der Waals surface area contributed by atoms with Crippen LogP contribution in [0.2, 0.25) is 0 Å². The van der Waals surface area contributed by atoms with Crippen LogP contribution in [0.4, 0.5) is 0 Å². The molecule has 2 aromatic rings. The van der Waals surface area contributed by atoms with Crippen LogP contribution in [0.5, 0.6) is 0 Å². The van der Waals surface area contributed by atoms with E-state index in [1.807, 2.05) is 20.7 Å². The Morgan fingerprint density at radius 3 is 2.67 bits per heavy atom. The van der Waals surface area contributed by atoms with Crippen LogP contribution >= 0.6 is 20.7 Å². The lowest BCUT2D eigenvalue weighted by atomic mass is 9.96. The predicted molar refractivity (Wildman–Crippen MR) is 68.7 cm³/mol. The third kappa shape index (κ3) is 1.72. The van der Waals surface area contributed by atoms with Crippen molar-refractivity contribution in [3.8, 4) is 10.4 Å². The summed E-state index contributed by atoms with van der Waals surface area (Å²) in [4.78, 5) is 3.17. The molecule has 3 rings (SSSR count). The van der Waals surface area contributed by atoms with Crippen LogP contribution in [0.15, 0.2) is 30.3 Å². The van der Waals surface area contributed by atoms with Crippen molar-refractivity contribution in [2.24, 2.45) is 0 Å². The first-order valence-corrected chi connectivity index (χ1v) is 7.59. The van der Waals surface area contributed by atoms with Gasteiger partial charge in [0.1, 0.15) is 0 Å². The summed E-state index contributed by atoms with van der Waals surface area (Å²) < 4.78 is 0. The molecule has 1 aliphatic rings. The van der Waals surface area contributed by atoms with E-state index in [1.165, 1.54) is 36.1 Å². The third-order valence-corrected chi connectivity index (χ3v) is 5.69. The maximum absolute atomic E-state index is 2.23. The number of rotatable bonds is 1. The van der Waals surface area contributed by atoms with Crippen LogP contribution in [-0.4, -0.2) is 0 Å². The largest absolute Gasteiger partial charge is 0.301 e. The number of aryl methyl sites for hydroxylation is 1. The van der Waals surface area contributed by atoms with Crippen molar-refractivity contribution >= 4 is 20.7 Å². The van der Waals surface area contributed by atoms with Gasteiger partial charge < -0.3 is 0 Å². The average Bonchev–Trinajstić information content (AvgIpc) is 2.74. The molecule has 0 aliphatic heterocycles. The molecular weight excluding hydrogens is 220 g/mol. The minimum Gasteiger partial charge on any atom is -0.0622 e. The molecule has 0 atom stereocenters. The molecule has 1 heterocycles. The lowest BCUT2D eigenvalue weighted by molar-refractivity contribution is 0.698. The minimum absolute atomic E-state index is 1.29. The number of benzene rings is 1.